The molecule has 0 spiro atoms. The highest BCUT2D eigenvalue weighted by atomic mass is 32.2. The molecule has 0 N–H and O–H groups in total. The van der Waals surface area contributed by atoms with E-state index in [0.717, 1.165) is 0 Å². The number of hydrogen-bond acceptors (Lipinski definition) is 4. The van der Waals surface area contributed by atoms with E-state index >= 15 is 0 Å². The molecule has 2 aliphatic rings. The lowest BCUT2D eigenvalue weighted by molar-refractivity contribution is 0.638. The summed E-state index contributed by atoms with van der Waals surface area (Å²) in [5, 5.41) is 17.0. The van der Waals surface area contributed by atoms with Gasteiger partial charge in [0, 0.05) is 10.4 Å². The minimum absolute atomic E-state index is 1.17. The maximum atomic E-state index is 2.42. The molecule has 3 aromatic carbocycles. The van der Waals surface area contributed by atoms with Gasteiger partial charge in [-0.05, 0) is 67.6 Å². The topological polar surface area (TPSA) is 0 Å². The molecule has 0 saturated carbocycles. The van der Waals surface area contributed by atoms with Gasteiger partial charge in [0.05, 0.1) is 8.47 Å². The van der Waals surface area contributed by atoms with E-state index in [0.29, 0.717) is 0 Å². The second-order valence-corrected chi connectivity index (χ2v) is 12.5. The molecule has 4 heteroatoms. The fraction of sp³-hybridized carbons (Fsp3) is 0.241. The average molecular weight is 505 g/mol. The highest BCUT2D eigenvalue weighted by Gasteiger charge is 2.15. The van der Waals surface area contributed by atoms with Gasteiger partial charge in [0.15, 0.2) is 0 Å². The molecule has 0 atom stereocenters. The second-order valence-electron chi connectivity index (χ2n) is 8.30. The molecule has 0 radical (unpaired) electrons. The monoisotopic (exact) mass is 504 g/mol. The third-order valence-electron chi connectivity index (χ3n) is 6.05. The minimum atomic E-state index is 1.17. The van der Waals surface area contributed by atoms with Gasteiger partial charge in [-0.3, -0.25) is 0 Å². The lowest BCUT2D eigenvalue weighted by Gasteiger charge is -2.12. The maximum Gasteiger partial charge on any atom is 0.0571 e. The number of benzene rings is 3. The van der Waals surface area contributed by atoms with E-state index < -0.39 is 0 Å². The molecule has 2 aliphatic heterocycles. The predicted molar refractivity (Wildman–Crippen MR) is 159 cm³/mol. The van der Waals surface area contributed by atoms with Crippen molar-refractivity contribution in [3.8, 4) is 0 Å². The van der Waals surface area contributed by atoms with Crippen molar-refractivity contribution in [2.45, 2.75) is 45.4 Å². The predicted octanol–water partition coefficient (Wildman–Crippen LogP) is 9.40. The lowest BCUT2D eigenvalue weighted by Crippen LogP contribution is -2.17. The summed E-state index contributed by atoms with van der Waals surface area (Å²) in [7, 11) is 0. The Kier molecular flexibility index (Phi) is 7.98. The van der Waals surface area contributed by atoms with Crippen LogP contribution in [-0.2, 0) is 0 Å². The van der Waals surface area contributed by atoms with Crippen LogP contribution in [0.1, 0.15) is 51.0 Å². The van der Waals surface area contributed by atoms with Crippen molar-refractivity contribution in [3.63, 3.8) is 0 Å². The summed E-state index contributed by atoms with van der Waals surface area (Å²) in [6.45, 7) is 2.28. The third-order valence-corrected chi connectivity index (χ3v) is 10.3. The number of thioether (sulfide) groups is 4. The summed E-state index contributed by atoms with van der Waals surface area (Å²) in [5.41, 5.74) is 1.30. The van der Waals surface area contributed by atoms with Crippen molar-refractivity contribution in [1.82, 2.24) is 0 Å². The van der Waals surface area contributed by atoms with Crippen molar-refractivity contribution in [3.05, 3.63) is 86.2 Å². The minimum Gasteiger partial charge on any atom is -0.0895 e. The molecule has 2 heterocycles. The van der Waals surface area contributed by atoms with Crippen LogP contribution >= 0.6 is 47.0 Å². The summed E-state index contributed by atoms with van der Waals surface area (Å²) in [5.74, 6) is 0. The van der Waals surface area contributed by atoms with Gasteiger partial charge in [-0.15, -0.1) is 0 Å². The fourth-order valence-corrected chi connectivity index (χ4v) is 8.32. The molecular weight excluding hydrogens is 477 g/mol. The van der Waals surface area contributed by atoms with Gasteiger partial charge in [0.1, 0.15) is 0 Å². The van der Waals surface area contributed by atoms with Crippen molar-refractivity contribution in [1.29, 1.82) is 0 Å². The van der Waals surface area contributed by atoms with Gasteiger partial charge < -0.3 is 0 Å². The van der Waals surface area contributed by atoms with E-state index in [1.165, 1.54) is 84.5 Å². The van der Waals surface area contributed by atoms with Gasteiger partial charge in [0.25, 0.3) is 0 Å². The number of unbranched alkanes of at least 4 members (excludes halogenated alkanes) is 5. The maximum absolute atomic E-state index is 2.42. The highest BCUT2D eigenvalue weighted by molar-refractivity contribution is 8.35. The molecule has 0 bridgehead atoms. The summed E-state index contributed by atoms with van der Waals surface area (Å²) in [6.07, 6.45) is 12.5. The molecule has 0 nitrogen and oxygen atoms in total. The molecule has 0 amide bonds. The summed E-state index contributed by atoms with van der Waals surface area (Å²) in [6, 6.07) is 16.0. The summed E-state index contributed by atoms with van der Waals surface area (Å²) in [4.78, 5) is 0. The lowest BCUT2D eigenvalue weighted by atomic mass is 9.97. The van der Waals surface area contributed by atoms with E-state index in [-0.39, 0.29) is 0 Å². The Morgan fingerprint density at radius 3 is 1.85 bits per heavy atom. The van der Waals surface area contributed by atoms with Gasteiger partial charge in [-0.2, -0.15) is 0 Å². The molecule has 0 unspecified atom stereocenters. The molecule has 0 aliphatic carbocycles. The van der Waals surface area contributed by atoms with Crippen LogP contribution in [-0.4, -0.2) is 0 Å². The highest BCUT2D eigenvalue weighted by Crippen LogP contribution is 2.41. The quantitative estimate of drug-likeness (QED) is 0.232. The van der Waals surface area contributed by atoms with Crippen LogP contribution in [0, 0.1) is 0 Å². The Balaban J connectivity index is 1.65. The van der Waals surface area contributed by atoms with Gasteiger partial charge in [-0.25, -0.2) is 0 Å². The molecular formula is C29H28S4. The van der Waals surface area contributed by atoms with E-state index in [2.05, 4.69) is 83.2 Å². The van der Waals surface area contributed by atoms with Gasteiger partial charge in [0.2, 0.25) is 0 Å². The zero-order valence-electron chi connectivity index (χ0n) is 18.9. The first kappa shape index (κ1) is 23.3. The van der Waals surface area contributed by atoms with Gasteiger partial charge in [-0.1, -0.05) is 128 Å². The molecule has 5 rings (SSSR count). The normalized spacial score (nSPS) is 15.8. The van der Waals surface area contributed by atoms with E-state index in [1.54, 1.807) is 0 Å². The first-order chi connectivity index (χ1) is 16.4. The smallest absolute Gasteiger partial charge is 0.0571 e. The first-order valence-electron chi connectivity index (χ1n) is 11.7. The standard InChI is InChI=1S/C29H28S4/c1-2-3-4-5-6-7-8-11-21-14-15-24-25(20-21)27(29-32-18-19-33-29)23-13-10-9-12-22(23)26(24)28-30-16-17-31-28/h8-20H,2-7H2,1H3/b11-8+. The van der Waals surface area contributed by atoms with Crippen molar-refractivity contribution in [2.24, 2.45) is 0 Å². The number of rotatable bonds is 7. The van der Waals surface area contributed by atoms with Crippen LogP contribution in [0.4, 0.5) is 0 Å². The SMILES string of the molecule is CCCCCCC/C=C/c1ccc2c(=C3SC=CS3)c3ccccc3c(=C3SC=CS3)c2c1. The van der Waals surface area contributed by atoms with Gasteiger partial charge >= 0.3 is 0 Å². The van der Waals surface area contributed by atoms with Crippen LogP contribution in [0.2, 0.25) is 0 Å². The fourth-order valence-electron chi connectivity index (χ4n) is 4.47. The number of hydrogen-bond donors (Lipinski definition) is 0. The van der Waals surface area contributed by atoms with Crippen LogP contribution in [0.25, 0.3) is 36.1 Å². The Hall–Kier alpha value is -1.46. The summed E-state index contributed by atoms with van der Waals surface area (Å²) >= 11 is 7.40. The van der Waals surface area contributed by atoms with Crippen molar-refractivity contribution < 1.29 is 0 Å². The first-order valence-corrected chi connectivity index (χ1v) is 15.2. The van der Waals surface area contributed by atoms with Crippen molar-refractivity contribution in [2.75, 3.05) is 0 Å². The zero-order valence-corrected chi connectivity index (χ0v) is 22.1. The van der Waals surface area contributed by atoms with E-state index in [1.807, 2.05) is 47.0 Å². The van der Waals surface area contributed by atoms with Crippen molar-refractivity contribution >= 4 is 83.1 Å². The average Bonchev–Trinajstić information content (AvgIpc) is 3.56. The Bertz CT molecular complexity index is 1360. The van der Waals surface area contributed by atoms with Crippen LogP contribution in [0.15, 0.2) is 70.2 Å². The second kappa shape index (κ2) is 11.3. The van der Waals surface area contributed by atoms with E-state index in [9.17, 15) is 0 Å². The number of allylic oxidation sites excluding steroid dienone is 1. The Labute approximate surface area is 213 Å². The Morgan fingerprint density at radius 1 is 0.636 bits per heavy atom. The molecule has 0 aromatic heterocycles. The molecule has 0 saturated heterocycles. The van der Waals surface area contributed by atoms with Crippen LogP contribution < -0.4 is 10.4 Å². The summed E-state index contributed by atoms with van der Waals surface area (Å²) < 4.78 is 2.77. The van der Waals surface area contributed by atoms with Crippen LogP contribution in [0.3, 0.4) is 0 Å². The Morgan fingerprint density at radius 2 is 1.21 bits per heavy atom. The molecule has 33 heavy (non-hydrogen) atoms. The van der Waals surface area contributed by atoms with E-state index in [4.69, 9.17) is 0 Å². The molecule has 3 aromatic rings. The van der Waals surface area contributed by atoms with Crippen LogP contribution in [0.5, 0.6) is 0 Å². The molecule has 0 fully saturated rings. The number of fused-ring (bicyclic) bond motifs is 2. The molecule has 168 valence electrons. The third kappa shape index (κ3) is 5.14. The zero-order chi connectivity index (χ0) is 22.5. The largest absolute Gasteiger partial charge is 0.0895 e.